The number of aryl methyl sites for hydroxylation is 1. The highest BCUT2D eigenvalue weighted by Gasteiger charge is 2.27. The average Bonchev–Trinajstić information content (AvgIpc) is 2.96. The smallest absolute Gasteiger partial charge is 0.261 e. The van der Waals surface area contributed by atoms with Gasteiger partial charge in [-0.2, -0.15) is 5.10 Å². The van der Waals surface area contributed by atoms with Gasteiger partial charge in [0.2, 0.25) is 0 Å². The third-order valence-electron chi connectivity index (χ3n) is 4.33. The van der Waals surface area contributed by atoms with E-state index in [1.807, 2.05) is 13.1 Å². The Morgan fingerprint density at radius 1 is 1.43 bits per heavy atom. The largest absolute Gasteiger partial charge is 0.349 e. The maximum Gasteiger partial charge on any atom is 0.261 e. The first-order chi connectivity index (χ1) is 10.1. The third kappa shape index (κ3) is 3.11. The van der Waals surface area contributed by atoms with E-state index in [9.17, 15) is 4.79 Å². The van der Waals surface area contributed by atoms with Crippen molar-refractivity contribution < 1.29 is 4.79 Å². The molecule has 1 amide bonds. The van der Waals surface area contributed by atoms with Crippen LogP contribution in [0.15, 0.2) is 12.3 Å². The summed E-state index contributed by atoms with van der Waals surface area (Å²) in [6, 6.07) is 1.90. The Hall–Kier alpha value is -1.40. The number of nitrogens with two attached hydrogens (primary N) is 1. The molecular weight excluding hydrogens is 284 g/mol. The molecule has 1 aliphatic rings. The number of hydrogen-bond acceptors (Lipinski definition) is 4. The molecule has 0 spiro atoms. The van der Waals surface area contributed by atoms with Gasteiger partial charge >= 0.3 is 0 Å². The van der Waals surface area contributed by atoms with Gasteiger partial charge in [-0.25, -0.2) is 0 Å². The zero-order valence-corrected chi connectivity index (χ0v) is 13.2. The number of amides is 1. The predicted molar refractivity (Wildman–Crippen MR) is 85.5 cm³/mol. The first-order valence-electron chi connectivity index (χ1n) is 7.56. The predicted octanol–water partition coefficient (Wildman–Crippen LogP) is 2.42. The molecule has 2 aromatic rings. The minimum atomic E-state index is -0.232. The summed E-state index contributed by atoms with van der Waals surface area (Å²) in [6.07, 6.45) is 8.65. The summed E-state index contributed by atoms with van der Waals surface area (Å²) < 4.78 is 1.80. The molecule has 3 rings (SSSR count). The number of carbonyl (C=O) groups excluding carboxylic acids is 1. The van der Waals surface area contributed by atoms with E-state index < -0.39 is 0 Å². The highest BCUT2D eigenvalue weighted by Crippen LogP contribution is 2.26. The van der Waals surface area contributed by atoms with Crippen molar-refractivity contribution in [2.45, 2.75) is 44.1 Å². The number of nitrogens with zero attached hydrogens (tertiary/aromatic N) is 2. The van der Waals surface area contributed by atoms with E-state index in [-0.39, 0.29) is 11.4 Å². The molecule has 0 unspecified atom stereocenters. The lowest BCUT2D eigenvalue weighted by Crippen LogP contribution is -2.49. The summed E-state index contributed by atoms with van der Waals surface area (Å²) in [7, 11) is 1.89. The van der Waals surface area contributed by atoms with Gasteiger partial charge in [0, 0.05) is 24.5 Å². The van der Waals surface area contributed by atoms with Crippen molar-refractivity contribution in [1.82, 2.24) is 15.1 Å². The fraction of sp³-hybridized carbons (Fsp3) is 0.600. The molecule has 1 fully saturated rings. The Labute approximate surface area is 128 Å². The zero-order chi connectivity index (χ0) is 14.9. The van der Waals surface area contributed by atoms with Crippen LogP contribution in [0, 0.1) is 0 Å². The number of thiophene rings is 1. The second kappa shape index (κ2) is 5.77. The van der Waals surface area contributed by atoms with Gasteiger partial charge in [0.25, 0.3) is 5.91 Å². The maximum atomic E-state index is 12.3. The Morgan fingerprint density at radius 3 is 2.81 bits per heavy atom. The summed E-state index contributed by atoms with van der Waals surface area (Å²) in [5.41, 5.74) is 6.21. The van der Waals surface area contributed by atoms with E-state index >= 15 is 0 Å². The second-order valence-corrected chi connectivity index (χ2v) is 7.13. The van der Waals surface area contributed by atoms with Crippen LogP contribution in [0.25, 0.3) is 10.2 Å². The van der Waals surface area contributed by atoms with Crippen LogP contribution < -0.4 is 11.1 Å². The Bertz CT molecular complexity index is 637. The van der Waals surface area contributed by atoms with Crippen LogP contribution in [0.1, 0.15) is 48.2 Å². The lowest BCUT2D eigenvalue weighted by molar-refractivity contribution is 0.0945. The molecule has 0 radical (unpaired) electrons. The first-order valence-corrected chi connectivity index (χ1v) is 8.38. The van der Waals surface area contributed by atoms with Gasteiger partial charge < -0.3 is 11.1 Å². The molecule has 0 saturated heterocycles. The molecule has 3 N–H and O–H groups in total. The lowest BCUT2D eigenvalue weighted by Gasteiger charge is -2.28. The SMILES string of the molecule is Cn1ncc2cc(C(=O)NCC3(N)CCCCCC3)sc21. The van der Waals surface area contributed by atoms with Crippen LogP contribution >= 0.6 is 11.3 Å². The van der Waals surface area contributed by atoms with Gasteiger partial charge in [-0.15, -0.1) is 11.3 Å². The number of aromatic nitrogens is 2. The minimum Gasteiger partial charge on any atom is -0.349 e. The number of rotatable bonds is 3. The van der Waals surface area contributed by atoms with Crippen LogP contribution in [0.3, 0.4) is 0 Å². The molecule has 1 saturated carbocycles. The highest BCUT2D eigenvalue weighted by molar-refractivity contribution is 7.20. The molecule has 2 heterocycles. The van der Waals surface area contributed by atoms with Crippen molar-refractivity contribution in [3.8, 4) is 0 Å². The molecule has 0 aromatic carbocycles. The van der Waals surface area contributed by atoms with Gasteiger partial charge in [0.05, 0.1) is 11.1 Å². The molecule has 0 bridgehead atoms. The van der Waals surface area contributed by atoms with Crippen molar-refractivity contribution >= 4 is 27.5 Å². The zero-order valence-electron chi connectivity index (χ0n) is 12.4. The topological polar surface area (TPSA) is 72.9 Å². The van der Waals surface area contributed by atoms with Gasteiger partial charge in [-0.05, 0) is 18.9 Å². The van der Waals surface area contributed by atoms with Crippen molar-refractivity contribution in [2.75, 3.05) is 6.54 Å². The van der Waals surface area contributed by atoms with E-state index in [4.69, 9.17) is 5.73 Å². The highest BCUT2D eigenvalue weighted by atomic mass is 32.1. The quantitative estimate of drug-likeness (QED) is 0.855. The Balaban J connectivity index is 1.65. The summed E-state index contributed by atoms with van der Waals surface area (Å²) in [6.45, 7) is 0.568. The van der Waals surface area contributed by atoms with Crippen LogP contribution in [-0.4, -0.2) is 27.8 Å². The molecule has 1 aliphatic carbocycles. The summed E-state index contributed by atoms with van der Waals surface area (Å²) in [5, 5.41) is 8.21. The molecule has 114 valence electrons. The summed E-state index contributed by atoms with van der Waals surface area (Å²) in [4.78, 5) is 14.1. The second-order valence-electron chi connectivity index (χ2n) is 6.10. The van der Waals surface area contributed by atoms with Gasteiger partial charge in [-0.1, -0.05) is 25.7 Å². The number of carbonyl (C=O) groups is 1. The monoisotopic (exact) mass is 306 g/mol. The van der Waals surface area contributed by atoms with E-state index in [0.29, 0.717) is 6.54 Å². The van der Waals surface area contributed by atoms with Crippen LogP contribution in [0.2, 0.25) is 0 Å². The standard InChI is InChI=1S/C15H22N4OS/c1-19-14-11(9-18-19)8-12(21-14)13(20)17-10-15(16)6-4-2-3-5-7-15/h8-9H,2-7,10,16H2,1H3,(H,17,20). The van der Waals surface area contributed by atoms with Gasteiger partial charge in [0.1, 0.15) is 4.83 Å². The first kappa shape index (κ1) is 14.5. The number of fused-ring (bicyclic) bond motifs is 1. The molecule has 5 nitrogen and oxygen atoms in total. The Kier molecular flexibility index (Phi) is 3.99. The molecule has 21 heavy (non-hydrogen) atoms. The molecule has 0 aliphatic heterocycles. The van der Waals surface area contributed by atoms with Crippen molar-refractivity contribution in [3.63, 3.8) is 0 Å². The normalized spacial score (nSPS) is 18.6. The fourth-order valence-corrected chi connectivity index (χ4v) is 3.97. The van der Waals surface area contributed by atoms with Crippen LogP contribution in [0.4, 0.5) is 0 Å². The van der Waals surface area contributed by atoms with E-state index in [1.165, 1.54) is 37.0 Å². The molecule has 2 aromatic heterocycles. The van der Waals surface area contributed by atoms with Gasteiger partial charge in [0.15, 0.2) is 0 Å². The van der Waals surface area contributed by atoms with E-state index in [1.54, 1.807) is 10.9 Å². The lowest BCUT2D eigenvalue weighted by atomic mass is 9.91. The Morgan fingerprint density at radius 2 is 2.14 bits per heavy atom. The summed E-state index contributed by atoms with van der Waals surface area (Å²) in [5.74, 6) is -0.0229. The number of hydrogen-bond donors (Lipinski definition) is 2. The minimum absolute atomic E-state index is 0.0229. The third-order valence-corrected chi connectivity index (χ3v) is 5.54. The van der Waals surface area contributed by atoms with E-state index in [2.05, 4.69) is 10.4 Å². The molecular formula is C15H22N4OS. The average molecular weight is 306 g/mol. The fourth-order valence-electron chi connectivity index (χ4n) is 3.01. The van der Waals surface area contributed by atoms with Crippen molar-refractivity contribution in [2.24, 2.45) is 12.8 Å². The molecule has 0 atom stereocenters. The maximum absolute atomic E-state index is 12.3. The van der Waals surface area contributed by atoms with Crippen LogP contribution in [-0.2, 0) is 7.05 Å². The van der Waals surface area contributed by atoms with E-state index in [0.717, 1.165) is 27.9 Å². The van der Waals surface area contributed by atoms with Crippen molar-refractivity contribution in [1.29, 1.82) is 0 Å². The summed E-state index contributed by atoms with van der Waals surface area (Å²) >= 11 is 1.48. The number of nitrogens with one attached hydrogen (secondary N) is 1. The van der Waals surface area contributed by atoms with Crippen molar-refractivity contribution in [3.05, 3.63) is 17.1 Å². The van der Waals surface area contributed by atoms with Gasteiger partial charge in [-0.3, -0.25) is 9.48 Å². The van der Waals surface area contributed by atoms with Crippen LogP contribution in [0.5, 0.6) is 0 Å². The molecule has 6 heteroatoms.